The number of furan rings is 1. The van der Waals surface area contributed by atoms with E-state index in [-0.39, 0.29) is 22.5 Å². The summed E-state index contributed by atoms with van der Waals surface area (Å²) < 4.78 is 24.4. The SMILES string of the molecule is Cc1occc1C(=O)Nc1cc(NC(=O)c2cc3ccccc3oc2=O)ccc1F. The van der Waals surface area contributed by atoms with Gasteiger partial charge in [0.05, 0.1) is 17.5 Å². The molecule has 2 heterocycles. The molecule has 0 aliphatic heterocycles. The van der Waals surface area contributed by atoms with Crippen LogP contribution in [-0.4, -0.2) is 11.8 Å². The Bertz CT molecular complexity index is 1340. The zero-order valence-electron chi connectivity index (χ0n) is 15.7. The summed E-state index contributed by atoms with van der Waals surface area (Å²) in [6, 6.07) is 13.3. The minimum Gasteiger partial charge on any atom is -0.469 e. The first-order valence-corrected chi connectivity index (χ1v) is 8.91. The van der Waals surface area contributed by atoms with Gasteiger partial charge in [0.1, 0.15) is 22.7 Å². The van der Waals surface area contributed by atoms with Crippen LogP contribution in [0.1, 0.15) is 26.5 Å². The van der Waals surface area contributed by atoms with Crippen LogP contribution in [0.3, 0.4) is 0 Å². The van der Waals surface area contributed by atoms with Gasteiger partial charge < -0.3 is 19.5 Å². The number of carbonyl (C=O) groups is 2. The van der Waals surface area contributed by atoms with Gasteiger partial charge in [-0.05, 0) is 43.3 Å². The first kappa shape index (κ1) is 19.1. The summed E-state index contributed by atoms with van der Waals surface area (Å²) >= 11 is 0. The number of hydrogen-bond donors (Lipinski definition) is 2. The highest BCUT2D eigenvalue weighted by molar-refractivity contribution is 6.07. The molecule has 30 heavy (non-hydrogen) atoms. The second-order valence-corrected chi connectivity index (χ2v) is 6.48. The van der Waals surface area contributed by atoms with Gasteiger partial charge >= 0.3 is 5.63 Å². The lowest BCUT2D eigenvalue weighted by Crippen LogP contribution is -2.21. The number of hydrogen-bond acceptors (Lipinski definition) is 5. The third kappa shape index (κ3) is 3.70. The fourth-order valence-electron chi connectivity index (χ4n) is 2.93. The van der Waals surface area contributed by atoms with Gasteiger partial charge in [0.2, 0.25) is 0 Å². The van der Waals surface area contributed by atoms with Crippen LogP contribution in [0.5, 0.6) is 0 Å². The largest absolute Gasteiger partial charge is 0.469 e. The molecule has 0 unspecified atom stereocenters. The Hall–Kier alpha value is -4.20. The number of nitrogens with one attached hydrogen (secondary N) is 2. The molecule has 0 spiro atoms. The third-order valence-electron chi connectivity index (χ3n) is 4.46. The van der Waals surface area contributed by atoms with E-state index in [2.05, 4.69) is 10.6 Å². The van der Waals surface area contributed by atoms with Gasteiger partial charge in [-0.3, -0.25) is 9.59 Å². The fourth-order valence-corrected chi connectivity index (χ4v) is 2.93. The number of aryl methyl sites for hydroxylation is 1. The molecule has 2 aromatic carbocycles. The van der Waals surface area contributed by atoms with Gasteiger partial charge in [0, 0.05) is 11.1 Å². The standard InChI is InChI=1S/C22H15FN2O5/c1-12-15(8-9-29-12)20(26)25-18-11-14(6-7-17(18)23)24-21(27)16-10-13-4-2-3-5-19(13)30-22(16)28/h2-11H,1H3,(H,24,27)(H,25,26). The van der Waals surface area contributed by atoms with Gasteiger partial charge in [-0.1, -0.05) is 18.2 Å². The average Bonchev–Trinajstić information content (AvgIpc) is 3.16. The molecule has 0 bridgehead atoms. The molecule has 0 saturated heterocycles. The normalized spacial score (nSPS) is 10.7. The molecule has 8 heteroatoms. The lowest BCUT2D eigenvalue weighted by molar-refractivity contribution is 0.101. The van der Waals surface area contributed by atoms with Gasteiger partial charge in [0.25, 0.3) is 11.8 Å². The van der Waals surface area contributed by atoms with Crippen molar-refractivity contribution in [3.05, 3.63) is 94.0 Å². The smallest absolute Gasteiger partial charge is 0.349 e. The second-order valence-electron chi connectivity index (χ2n) is 6.48. The van der Waals surface area contributed by atoms with Gasteiger partial charge in [-0.2, -0.15) is 0 Å². The van der Waals surface area contributed by atoms with Crippen LogP contribution < -0.4 is 16.3 Å². The molecular weight excluding hydrogens is 391 g/mol. The lowest BCUT2D eigenvalue weighted by atomic mass is 10.1. The Kier molecular flexibility index (Phi) is 4.89. The van der Waals surface area contributed by atoms with Crippen molar-refractivity contribution in [2.75, 3.05) is 10.6 Å². The van der Waals surface area contributed by atoms with Crippen LogP contribution in [0.2, 0.25) is 0 Å². The van der Waals surface area contributed by atoms with E-state index in [0.29, 0.717) is 16.7 Å². The van der Waals surface area contributed by atoms with E-state index in [1.54, 1.807) is 31.2 Å². The van der Waals surface area contributed by atoms with Gasteiger partial charge in [0.15, 0.2) is 0 Å². The van der Waals surface area contributed by atoms with Gasteiger partial charge in [-0.25, -0.2) is 9.18 Å². The number of amides is 2. The summed E-state index contributed by atoms with van der Waals surface area (Å²) in [7, 11) is 0. The van der Waals surface area contributed by atoms with E-state index in [4.69, 9.17) is 8.83 Å². The maximum absolute atomic E-state index is 14.2. The van der Waals surface area contributed by atoms with E-state index in [9.17, 15) is 18.8 Å². The van der Waals surface area contributed by atoms with Crippen molar-refractivity contribution in [2.45, 2.75) is 6.92 Å². The maximum atomic E-state index is 14.2. The molecule has 0 atom stereocenters. The van der Waals surface area contributed by atoms with E-state index < -0.39 is 23.3 Å². The van der Waals surface area contributed by atoms with Crippen LogP contribution in [0, 0.1) is 12.7 Å². The Balaban J connectivity index is 1.58. The molecule has 7 nitrogen and oxygen atoms in total. The molecule has 0 fully saturated rings. The molecule has 2 amide bonds. The predicted molar refractivity (Wildman–Crippen MR) is 108 cm³/mol. The third-order valence-corrected chi connectivity index (χ3v) is 4.46. The number of anilines is 2. The first-order chi connectivity index (χ1) is 14.4. The van der Waals surface area contributed by atoms with Crippen molar-refractivity contribution in [3.63, 3.8) is 0 Å². The Morgan fingerprint density at radius 2 is 1.70 bits per heavy atom. The Labute approximate surface area is 169 Å². The van der Waals surface area contributed by atoms with Crippen molar-refractivity contribution in [1.82, 2.24) is 0 Å². The highest BCUT2D eigenvalue weighted by atomic mass is 19.1. The molecule has 0 saturated carbocycles. The van der Waals surface area contributed by atoms with Crippen molar-refractivity contribution >= 4 is 34.2 Å². The molecule has 4 aromatic rings. The van der Waals surface area contributed by atoms with Crippen molar-refractivity contribution < 1.29 is 22.8 Å². The van der Waals surface area contributed by atoms with Crippen LogP contribution in [0.25, 0.3) is 11.0 Å². The zero-order valence-corrected chi connectivity index (χ0v) is 15.7. The van der Waals surface area contributed by atoms with E-state index in [1.165, 1.54) is 30.5 Å². The highest BCUT2D eigenvalue weighted by Gasteiger charge is 2.17. The topological polar surface area (TPSA) is 102 Å². The van der Waals surface area contributed by atoms with Crippen LogP contribution in [0.4, 0.5) is 15.8 Å². The first-order valence-electron chi connectivity index (χ1n) is 8.91. The Morgan fingerprint density at radius 3 is 2.47 bits per heavy atom. The molecule has 4 rings (SSSR count). The number of halogens is 1. The number of benzene rings is 2. The molecule has 0 radical (unpaired) electrons. The van der Waals surface area contributed by atoms with Gasteiger partial charge in [-0.15, -0.1) is 0 Å². The van der Waals surface area contributed by atoms with Crippen molar-refractivity contribution in [3.8, 4) is 0 Å². The number of para-hydroxylation sites is 1. The molecule has 0 aliphatic rings. The second kappa shape index (κ2) is 7.67. The molecule has 0 aliphatic carbocycles. The summed E-state index contributed by atoms with van der Waals surface area (Å²) in [6.07, 6.45) is 1.35. The maximum Gasteiger partial charge on any atom is 0.349 e. The number of fused-ring (bicyclic) bond motifs is 1. The predicted octanol–water partition coefficient (Wildman–Crippen LogP) is 4.34. The summed E-state index contributed by atoms with van der Waals surface area (Å²) in [4.78, 5) is 37.0. The average molecular weight is 406 g/mol. The van der Waals surface area contributed by atoms with Crippen molar-refractivity contribution in [1.29, 1.82) is 0 Å². The molecular formula is C22H15FN2O5. The summed E-state index contributed by atoms with van der Waals surface area (Å²) in [5.41, 5.74) is -0.315. The molecule has 2 N–H and O–H groups in total. The summed E-state index contributed by atoms with van der Waals surface area (Å²) in [6.45, 7) is 1.61. The van der Waals surface area contributed by atoms with E-state index in [1.807, 2.05) is 0 Å². The number of rotatable bonds is 4. The lowest BCUT2D eigenvalue weighted by Gasteiger charge is -2.10. The Morgan fingerprint density at radius 1 is 0.933 bits per heavy atom. The van der Waals surface area contributed by atoms with E-state index in [0.717, 1.165) is 6.07 Å². The quantitative estimate of drug-likeness (QED) is 0.491. The summed E-state index contributed by atoms with van der Waals surface area (Å²) in [5.74, 6) is -1.57. The van der Waals surface area contributed by atoms with Crippen LogP contribution >= 0.6 is 0 Å². The molecule has 150 valence electrons. The van der Waals surface area contributed by atoms with Crippen molar-refractivity contribution in [2.24, 2.45) is 0 Å². The summed E-state index contributed by atoms with van der Waals surface area (Å²) in [5, 5.41) is 5.54. The van der Waals surface area contributed by atoms with E-state index >= 15 is 0 Å². The fraction of sp³-hybridized carbons (Fsp3) is 0.0455. The minimum absolute atomic E-state index is 0.135. The van der Waals surface area contributed by atoms with Crippen LogP contribution in [-0.2, 0) is 0 Å². The number of carbonyl (C=O) groups excluding carboxylic acids is 2. The minimum atomic E-state index is -0.794. The highest BCUT2D eigenvalue weighted by Crippen LogP contribution is 2.22. The monoisotopic (exact) mass is 406 g/mol. The van der Waals surface area contributed by atoms with Crippen LogP contribution in [0.15, 0.2) is 74.5 Å². The zero-order chi connectivity index (χ0) is 21.3. The molecule has 2 aromatic heterocycles.